The lowest BCUT2D eigenvalue weighted by atomic mass is 10.1. The summed E-state index contributed by atoms with van der Waals surface area (Å²) >= 11 is 0. The van der Waals surface area contributed by atoms with Crippen molar-refractivity contribution in [3.8, 4) is 0 Å². The van der Waals surface area contributed by atoms with Crippen molar-refractivity contribution in [1.29, 1.82) is 0 Å². The van der Waals surface area contributed by atoms with Crippen molar-refractivity contribution in [1.82, 2.24) is 9.78 Å². The van der Waals surface area contributed by atoms with Crippen LogP contribution in [0.4, 0.5) is 13.2 Å². The van der Waals surface area contributed by atoms with Gasteiger partial charge < -0.3 is 0 Å². The van der Waals surface area contributed by atoms with E-state index in [-0.39, 0.29) is 0 Å². The highest BCUT2D eigenvalue weighted by Gasteiger charge is 2.29. The van der Waals surface area contributed by atoms with Gasteiger partial charge in [-0.2, -0.15) is 18.3 Å². The first-order valence-electron chi connectivity index (χ1n) is 6.52. The standard InChI is InChI=1S/C16H13F3N2/c1-11-2-7-15-13(8-11)10-21(20-15)9-12-3-5-14(6-4-12)16(17,18)19/h2-8,10H,9H2,1H3. The second-order valence-corrected chi connectivity index (χ2v) is 5.08. The van der Waals surface area contributed by atoms with Gasteiger partial charge in [0.05, 0.1) is 17.6 Å². The molecule has 0 aliphatic carbocycles. The predicted octanol–water partition coefficient (Wildman–Crippen LogP) is 4.41. The Kier molecular flexibility index (Phi) is 3.20. The highest BCUT2D eigenvalue weighted by molar-refractivity contribution is 5.78. The molecular formula is C16H13F3N2. The monoisotopic (exact) mass is 290 g/mol. The Hall–Kier alpha value is -2.30. The zero-order valence-electron chi connectivity index (χ0n) is 11.4. The number of fused-ring (bicyclic) bond motifs is 1. The van der Waals surface area contributed by atoms with Gasteiger partial charge in [0.25, 0.3) is 0 Å². The van der Waals surface area contributed by atoms with E-state index in [0.29, 0.717) is 6.54 Å². The number of benzene rings is 2. The van der Waals surface area contributed by atoms with E-state index in [2.05, 4.69) is 5.10 Å². The second-order valence-electron chi connectivity index (χ2n) is 5.08. The van der Waals surface area contributed by atoms with Crippen molar-refractivity contribution in [2.75, 3.05) is 0 Å². The molecule has 1 heterocycles. The normalized spacial score (nSPS) is 12.0. The summed E-state index contributed by atoms with van der Waals surface area (Å²) in [6, 6.07) is 11.1. The van der Waals surface area contributed by atoms with Crippen molar-refractivity contribution in [3.05, 3.63) is 65.4 Å². The van der Waals surface area contributed by atoms with E-state index >= 15 is 0 Å². The number of aromatic nitrogens is 2. The first-order valence-corrected chi connectivity index (χ1v) is 6.52. The van der Waals surface area contributed by atoms with Crippen molar-refractivity contribution in [2.24, 2.45) is 0 Å². The first-order chi connectivity index (χ1) is 9.91. The Morgan fingerprint density at radius 1 is 1.05 bits per heavy atom. The summed E-state index contributed by atoms with van der Waals surface area (Å²) < 4.78 is 39.3. The van der Waals surface area contributed by atoms with Crippen molar-refractivity contribution in [3.63, 3.8) is 0 Å². The summed E-state index contributed by atoms with van der Waals surface area (Å²) in [6.07, 6.45) is -2.39. The minimum atomic E-state index is -4.30. The molecule has 0 radical (unpaired) electrons. The van der Waals surface area contributed by atoms with E-state index in [1.807, 2.05) is 31.3 Å². The molecule has 0 saturated heterocycles. The summed E-state index contributed by atoms with van der Waals surface area (Å²) in [7, 11) is 0. The van der Waals surface area contributed by atoms with Crippen LogP contribution in [0.5, 0.6) is 0 Å². The van der Waals surface area contributed by atoms with Gasteiger partial charge in [-0.15, -0.1) is 0 Å². The Bertz CT molecular complexity index is 770. The fourth-order valence-electron chi connectivity index (χ4n) is 2.26. The number of halogens is 3. The van der Waals surface area contributed by atoms with Crippen LogP contribution in [-0.2, 0) is 12.7 Å². The van der Waals surface area contributed by atoms with Crippen LogP contribution in [0.2, 0.25) is 0 Å². The van der Waals surface area contributed by atoms with E-state index in [1.165, 1.54) is 12.1 Å². The maximum atomic E-state index is 12.5. The van der Waals surface area contributed by atoms with Crippen molar-refractivity contribution in [2.45, 2.75) is 19.6 Å². The molecule has 0 atom stereocenters. The minimum Gasteiger partial charge on any atom is -0.267 e. The van der Waals surface area contributed by atoms with E-state index in [4.69, 9.17) is 0 Å². The number of hydrogen-bond acceptors (Lipinski definition) is 1. The molecule has 1 aromatic heterocycles. The highest BCUT2D eigenvalue weighted by Crippen LogP contribution is 2.29. The fraction of sp³-hybridized carbons (Fsp3) is 0.188. The Morgan fingerprint density at radius 3 is 2.43 bits per heavy atom. The van der Waals surface area contributed by atoms with Crippen LogP contribution < -0.4 is 0 Å². The van der Waals surface area contributed by atoms with Gasteiger partial charge in [-0.3, -0.25) is 4.68 Å². The van der Waals surface area contributed by atoms with Crippen LogP contribution >= 0.6 is 0 Å². The summed E-state index contributed by atoms with van der Waals surface area (Å²) in [5.74, 6) is 0. The van der Waals surface area contributed by atoms with Crippen LogP contribution in [0, 0.1) is 6.92 Å². The smallest absolute Gasteiger partial charge is 0.267 e. The Morgan fingerprint density at radius 2 is 1.76 bits per heavy atom. The lowest BCUT2D eigenvalue weighted by Gasteiger charge is -2.07. The van der Waals surface area contributed by atoms with Gasteiger partial charge in [0.2, 0.25) is 0 Å². The zero-order valence-corrected chi connectivity index (χ0v) is 11.4. The van der Waals surface area contributed by atoms with Gasteiger partial charge in [-0.05, 0) is 36.8 Å². The van der Waals surface area contributed by atoms with E-state index in [0.717, 1.165) is 34.2 Å². The van der Waals surface area contributed by atoms with E-state index in [9.17, 15) is 13.2 Å². The van der Waals surface area contributed by atoms with Gasteiger partial charge in [0.15, 0.2) is 0 Å². The topological polar surface area (TPSA) is 17.8 Å². The van der Waals surface area contributed by atoms with Crippen LogP contribution in [0.15, 0.2) is 48.7 Å². The Labute approximate surface area is 119 Å². The number of rotatable bonds is 2. The van der Waals surface area contributed by atoms with Gasteiger partial charge in [-0.25, -0.2) is 0 Å². The number of alkyl halides is 3. The van der Waals surface area contributed by atoms with E-state index in [1.54, 1.807) is 4.68 Å². The average molecular weight is 290 g/mol. The largest absolute Gasteiger partial charge is 0.416 e. The molecule has 0 saturated carbocycles. The molecule has 0 fully saturated rings. The molecule has 0 spiro atoms. The third-order valence-electron chi connectivity index (χ3n) is 3.33. The number of nitrogens with zero attached hydrogens (tertiary/aromatic N) is 2. The summed E-state index contributed by atoms with van der Waals surface area (Å²) in [5, 5.41) is 5.44. The highest BCUT2D eigenvalue weighted by atomic mass is 19.4. The molecule has 0 aliphatic heterocycles. The van der Waals surface area contributed by atoms with Crippen LogP contribution in [-0.4, -0.2) is 9.78 Å². The Balaban J connectivity index is 1.84. The maximum absolute atomic E-state index is 12.5. The molecule has 0 aliphatic rings. The summed E-state index contributed by atoms with van der Waals surface area (Å²) in [4.78, 5) is 0. The molecule has 3 rings (SSSR count). The van der Waals surface area contributed by atoms with Gasteiger partial charge in [0, 0.05) is 11.6 Å². The van der Waals surface area contributed by atoms with Gasteiger partial charge in [0.1, 0.15) is 0 Å². The summed E-state index contributed by atoms with van der Waals surface area (Å²) in [6.45, 7) is 2.46. The maximum Gasteiger partial charge on any atom is 0.416 e. The van der Waals surface area contributed by atoms with Crippen LogP contribution in [0.3, 0.4) is 0 Å². The molecule has 2 nitrogen and oxygen atoms in total. The second kappa shape index (κ2) is 4.91. The average Bonchev–Trinajstić information content (AvgIpc) is 2.79. The lowest BCUT2D eigenvalue weighted by molar-refractivity contribution is -0.137. The minimum absolute atomic E-state index is 0.450. The van der Waals surface area contributed by atoms with Gasteiger partial charge in [-0.1, -0.05) is 23.8 Å². The quantitative estimate of drug-likeness (QED) is 0.683. The summed E-state index contributed by atoms with van der Waals surface area (Å²) in [5.41, 5.74) is 2.18. The number of hydrogen-bond donors (Lipinski definition) is 0. The molecule has 0 amide bonds. The molecular weight excluding hydrogens is 277 g/mol. The SMILES string of the molecule is Cc1ccc2nn(Cc3ccc(C(F)(F)F)cc3)cc2c1. The fourth-order valence-corrected chi connectivity index (χ4v) is 2.26. The predicted molar refractivity (Wildman–Crippen MR) is 75.0 cm³/mol. The van der Waals surface area contributed by atoms with Crippen molar-refractivity contribution >= 4 is 10.9 Å². The molecule has 108 valence electrons. The van der Waals surface area contributed by atoms with Crippen LogP contribution in [0.25, 0.3) is 10.9 Å². The molecule has 0 bridgehead atoms. The third kappa shape index (κ3) is 2.91. The third-order valence-corrected chi connectivity index (χ3v) is 3.33. The lowest BCUT2D eigenvalue weighted by Crippen LogP contribution is -2.05. The van der Waals surface area contributed by atoms with Crippen molar-refractivity contribution < 1.29 is 13.2 Å². The molecule has 21 heavy (non-hydrogen) atoms. The first kappa shape index (κ1) is 13.7. The molecule has 5 heteroatoms. The molecule has 0 N–H and O–H groups in total. The molecule has 3 aromatic rings. The van der Waals surface area contributed by atoms with Crippen LogP contribution in [0.1, 0.15) is 16.7 Å². The number of aryl methyl sites for hydroxylation is 1. The van der Waals surface area contributed by atoms with Gasteiger partial charge >= 0.3 is 6.18 Å². The zero-order chi connectivity index (χ0) is 15.0. The molecule has 2 aromatic carbocycles. The van der Waals surface area contributed by atoms with E-state index < -0.39 is 11.7 Å². The molecule has 0 unspecified atom stereocenters.